The SMILES string of the molecule is COc1cc(C[C@H]2C(=O)OC[C@@H]2C(C#N)(O[Si](C)(C)C(C)(C)C)c2ccc3c(c2)OCO3)cc(OC)c1OC. The van der Waals surface area contributed by atoms with Crippen molar-refractivity contribution in [1.82, 2.24) is 0 Å². The minimum absolute atomic E-state index is 0.0462. The number of hydrogen-bond acceptors (Lipinski definition) is 9. The topological polar surface area (TPSA) is 105 Å². The number of fused-ring (bicyclic) bond motifs is 1. The fourth-order valence-electron chi connectivity index (χ4n) is 4.89. The standard InChI is InChI=1S/C29H37NO8Si/c1-28(2,3)39(7,8)38-29(16-30,19-9-10-22-23(14-19)37-17-36-22)21-15-35-27(31)20(21)11-18-12-24(32-4)26(34-6)25(13-18)33-5/h9-10,12-14,20-21H,11,15,17H2,1-8H3/t20-,21+,29?/m1/s1. The molecule has 0 N–H and O–H groups in total. The van der Waals surface area contributed by atoms with E-state index in [1.165, 1.54) is 7.11 Å². The van der Waals surface area contributed by atoms with E-state index in [0.29, 0.717) is 34.3 Å². The summed E-state index contributed by atoms with van der Waals surface area (Å²) in [5.74, 6) is 0.925. The predicted octanol–water partition coefficient (Wildman–Crippen LogP) is 5.21. The van der Waals surface area contributed by atoms with E-state index in [1.807, 2.05) is 18.2 Å². The summed E-state index contributed by atoms with van der Waals surface area (Å²) >= 11 is 0. The van der Waals surface area contributed by atoms with E-state index in [1.54, 1.807) is 26.4 Å². The molecule has 0 amide bonds. The van der Waals surface area contributed by atoms with Crippen molar-refractivity contribution in [3.63, 3.8) is 0 Å². The van der Waals surface area contributed by atoms with Crippen LogP contribution in [0.5, 0.6) is 28.7 Å². The summed E-state index contributed by atoms with van der Waals surface area (Å²) in [6.45, 7) is 10.7. The van der Waals surface area contributed by atoms with Crippen molar-refractivity contribution >= 4 is 14.3 Å². The molecular formula is C29H37NO8Si. The molecule has 3 atom stereocenters. The molecule has 2 aliphatic heterocycles. The molecule has 2 aromatic carbocycles. The van der Waals surface area contributed by atoms with E-state index in [-0.39, 0.29) is 30.8 Å². The van der Waals surface area contributed by atoms with Crippen molar-refractivity contribution in [3.05, 3.63) is 41.5 Å². The number of ether oxygens (including phenoxy) is 6. The Hall–Kier alpha value is -3.42. The highest BCUT2D eigenvalue weighted by atomic mass is 28.4. The Kier molecular flexibility index (Phi) is 7.79. The third-order valence-corrected chi connectivity index (χ3v) is 12.5. The number of methoxy groups -OCH3 is 3. The lowest BCUT2D eigenvalue weighted by molar-refractivity contribution is -0.141. The number of cyclic esters (lactones) is 1. The molecule has 0 bridgehead atoms. The van der Waals surface area contributed by atoms with Gasteiger partial charge in [0, 0.05) is 5.56 Å². The van der Waals surface area contributed by atoms with Crippen LogP contribution in [0.2, 0.25) is 18.1 Å². The summed E-state index contributed by atoms with van der Waals surface area (Å²) in [4.78, 5) is 13.3. The van der Waals surface area contributed by atoms with Crippen LogP contribution in [0.15, 0.2) is 30.3 Å². The first-order chi connectivity index (χ1) is 18.4. The molecular weight excluding hydrogens is 518 g/mol. The molecule has 2 heterocycles. The lowest BCUT2D eigenvalue weighted by atomic mass is 9.74. The van der Waals surface area contributed by atoms with Gasteiger partial charge in [0.1, 0.15) is 6.07 Å². The van der Waals surface area contributed by atoms with Crippen LogP contribution < -0.4 is 23.7 Å². The molecule has 9 nitrogen and oxygen atoms in total. The van der Waals surface area contributed by atoms with Gasteiger partial charge in [0.2, 0.25) is 12.5 Å². The largest absolute Gasteiger partial charge is 0.493 e. The summed E-state index contributed by atoms with van der Waals surface area (Å²) in [6.07, 6.45) is 0.287. The molecule has 4 rings (SSSR count). The van der Waals surface area contributed by atoms with Gasteiger partial charge in [0.05, 0.1) is 39.8 Å². The van der Waals surface area contributed by atoms with E-state index in [2.05, 4.69) is 39.9 Å². The normalized spacial score (nSPS) is 20.1. The van der Waals surface area contributed by atoms with Crippen molar-refractivity contribution in [2.45, 2.75) is 50.9 Å². The zero-order chi connectivity index (χ0) is 28.6. The molecule has 210 valence electrons. The van der Waals surface area contributed by atoms with Gasteiger partial charge in [-0.05, 0) is 54.4 Å². The van der Waals surface area contributed by atoms with Crippen LogP contribution >= 0.6 is 0 Å². The third kappa shape index (κ3) is 5.13. The Bertz CT molecular complexity index is 1260. The molecule has 10 heteroatoms. The van der Waals surface area contributed by atoms with Gasteiger partial charge in [-0.1, -0.05) is 26.8 Å². The number of nitrogens with zero attached hydrogens (tertiary/aromatic N) is 1. The van der Waals surface area contributed by atoms with Gasteiger partial charge in [0.15, 0.2) is 36.9 Å². The maximum Gasteiger partial charge on any atom is 0.309 e. The smallest absolute Gasteiger partial charge is 0.309 e. The Labute approximate surface area is 231 Å². The molecule has 1 fully saturated rings. The maximum absolute atomic E-state index is 13.3. The van der Waals surface area contributed by atoms with Crippen molar-refractivity contribution in [1.29, 1.82) is 5.26 Å². The second-order valence-corrected chi connectivity index (χ2v) is 16.1. The Morgan fingerprint density at radius 1 is 0.974 bits per heavy atom. The van der Waals surface area contributed by atoms with Crippen LogP contribution in [0.3, 0.4) is 0 Å². The van der Waals surface area contributed by atoms with E-state index >= 15 is 0 Å². The van der Waals surface area contributed by atoms with Crippen LogP contribution in [0.1, 0.15) is 31.9 Å². The Morgan fingerprint density at radius 2 is 1.62 bits per heavy atom. The van der Waals surface area contributed by atoms with Gasteiger partial charge in [-0.3, -0.25) is 4.79 Å². The number of hydrogen-bond donors (Lipinski definition) is 0. The van der Waals surface area contributed by atoms with E-state index < -0.39 is 25.8 Å². The maximum atomic E-state index is 13.3. The Balaban J connectivity index is 1.83. The molecule has 0 aliphatic carbocycles. The van der Waals surface area contributed by atoms with Gasteiger partial charge >= 0.3 is 5.97 Å². The first kappa shape index (κ1) is 28.6. The van der Waals surface area contributed by atoms with Crippen molar-refractivity contribution in [2.24, 2.45) is 11.8 Å². The van der Waals surface area contributed by atoms with Crippen LogP contribution in [0, 0.1) is 23.2 Å². The highest BCUT2D eigenvalue weighted by molar-refractivity contribution is 6.74. The van der Waals surface area contributed by atoms with Crippen LogP contribution in [-0.2, 0) is 26.0 Å². The molecule has 0 radical (unpaired) electrons. The fourth-order valence-corrected chi connectivity index (χ4v) is 6.32. The number of carbonyl (C=O) groups excluding carboxylic acids is 1. The minimum atomic E-state index is -2.54. The lowest BCUT2D eigenvalue weighted by Gasteiger charge is -2.45. The molecule has 2 aromatic rings. The van der Waals surface area contributed by atoms with Crippen molar-refractivity contribution < 1.29 is 37.6 Å². The lowest BCUT2D eigenvalue weighted by Crippen LogP contribution is -2.52. The fraction of sp³-hybridized carbons (Fsp3) is 0.517. The summed E-state index contributed by atoms with van der Waals surface area (Å²) in [7, 11) is 2.08. The zero-order valence-electron chi connectivity index (χ0n) is 23.9. The molecule has 39 heavy (non-hydrogen) atoms. The van der Waals surface area contributed by atoms with Crippen LogP contribution in [-0.4, -0.2) is 49.0 Å². The highest BCUT2D eigenvalue weighted by Crippen LogP contribution is 2.50. The highest BCUT2D eigenvalue weighted by Gasteiger charge is 2.56. The van der Waals surface area contributed by atoms with Gasteiger partial charge in [-0.15, -0.1) is 0 Å². The van der Waals surface area contributed by atoms with Gasteiger partial charge in [-0.25, -0.2) is 0 Å². The first-order valence-electron chi connectivity index (χ1n) is 12.9. The van der Waals surface area contributed by atoms with Crippen LogP contribution in [0.25, 0.3) is 0 Å². The number of nitriles is 1. The molecule has 0 spiro atoms. The zero-order valence-corrected chi connectivity index (χ0v) is 24.9. The summed E-state index contributed by atoms with van der Waals surface area (Å²) in [5.41, 5.74) is -0.0815. The number of rotatable bonds is 9. The number of benzene rings is 2. The van der Waals surface area contributed by atoms with Gasteiger partial charge < -0.3 is 32.8 Å². The molecule has 0 saturated carbocycles. The second-order valence-electron chi connectivity index (χ2n) is 11.4. The summed E-state index contributed by atoms with van der Waals surface area (Å²) in [6, 6.07) is 11.5. The summed E-state index contributed by atoms with van der Waals surface area (Å²) < 4.78 is 40.3. The quantitative estimate of drug-likeness (QED) is 0.304. The average Bonchev–Trinajstić information content (AvgIpc) is 3.52. The van der Waals surface area contributed by atoms with Gasteiger partial charge in [0.25, 0.3) is 0 Å². The van der Waals surface area contributed by atoms with E-state index in [4.69, 9.17) is 32.8 Å². The van der Waals surface area contributed by atoms with Crippen LogP contribution in [0.4, 0.5) is 0 Å². The third-order valence-electron chi connectivity index (χ3n) is 8.09. The molecule has 1 saturated heterocycles. The first-order valence-corrected chi connectivity index (χ1v) is 15.8. The van der Waals surface area contributed by atoms with Crippen molar-refractivity contribution in [3.8, 4) is 34.8 Å². The summed E-state index contributed by atoms with van der Waals surface area (Å²) in [5, 5.41) is 10.7. The molecule has 0 aromatic heterocycles. The van der Waals surface area contributed by atoms with Crippen molar-refractivity contribution in [2.75, 3.05) is 34.7 Å². The Morgan fingerprint density at radius 3 is 2.18 bits per heavy atom. The minimum Gasteiger partial charge on any atom is -0.493 e. The second kappa shape index (κ2) is 10.6. The predicted molar refractivity (Wildman–Crippen MR) is 146 cm³/mol. The number of esters is 1. The van der Waals surface area contributed by atoms with E-state index in [9.17, 15) is 10.1 Å². The van der Waals surface area contributed by atoms with E-state index in [0.717, 1.165) is 5.56 Å². The number of carbonyl (C=O) groups is 1. The monoisotopic (exact) mass is 555 g/mol. The molecule has 2 aliphatic rings. The molecule has 1 unspecified atom stereocenters. The van der Waals surface area contributed by atoms with Gasteiger partial charge in [-0.2, -0.15) is 5.26 Å². The average molecular weight is 556 g/mol.